The predicted octanol–water partition coefficient (Wildman–Crippen LogP) is 21.2. The maximum absolute atomic E-state index is 15.3. The largest absolute Gasteiger partial charge is 0.359 e. The summed E-state index contributed by atoms with van der Waals surface area (Å²) in [5.74, 6) is -1.75. The highest BCUT2D eigenvalue weighted by Crippen LogP contribution is 2.47. The molecule has 80 heavy (non-hydrogen) atoms. The SMILES string of the molecule is CC.CC.CC.CCCCC(=O)c1c2[nH]c(c1C(C)=O)C(c1ccccc1)/C(CCC)=C/C=C(\C)C(C1=CCCC=C1)/C(C)=C(C(C)=O)/C(C(=O)CC)=C(\CCC)C(c1ccccc1)/C(C)=C/C=C(\C(C)CC)C2c1ccccc1. The molecule has 430 valence electrons. The van der Waals surface area contributed by atoms with Gasteiger partial charge in [0.1, 0.15) is 0 Å². The van der Waals surface area contributed by atoms with Gasteiger partial charge in [0, 0.05) is 59.0 Å². The Hall–Kier alpha value is -6.46. The number of hydrogen-bond acceptors (Lipinski definition) is 4. The highest BCUT2D eigenvalue weighted by Gasteiger charge is 2.37. The summed E-state index contributed by atoms with van der Waals surface area (Å²) in [6, 6.07) is 31.3. The summed E-state index contributed by atoms with van der Waals surface area (Å²) in [5, 5.41) is 0. The third-order valence-corrected chi connectivity index (χ3v) is 15.4. The summed E-state index contributed by atoms with van der Waals surface area (Å²) in [7, 11) is 0. The van der Waals surface area contributed by atoms with Crippen molar-refractivity contribution in [2.45, 2.75) is 206 Å². The minimum atomic E-state index is -0.424. The molecule has 2 heterocycles. The summed E-state index contributed by atoms with van der Waals surface area (Å²) in [6.45, 7) is 34.5. The fourth-order valence-electron chi connectivity index (χ4n) is 11.7. The molecular formula is C75H101NO4. The average molecular weight is 1080 g/mol. The normalized spacial score (nSPS) is 22.7. The van der Waals surface area contributed by atoms with Crippen LogP contribution in [-0.4, -0.2) is 28.1 Å². The molecule has 5 unspecified atom stereocenters. The van der Waals surface area contributed by atoms with Crippen LogP contribution in [0.3, 0.4) is 0 Å². The number of ketones is 4. The monoisotopic (exact) mass is 1080 g/mol. The molecule has 0 fully saturated rings. The van der Waals surface area contributed by atoms with Gasteiger partial charge in [0.05, 0.1) is 11.1 Å². The molecule has 1 aromatic heterocycles. The summed E-state index contributed by atoms with van der Waals surface area (Å²) >= 11 is 0. The van der Waals surface area contributed by atoms with Crippen molar-refractivity contribution in [1.29, 1.82) is 0 Å². The molecule has 0 saturated carbocycles. The second-order valence-corrected chi connectivity index (χ2v) is 20.8. The molecule has 5 nitrogen and oxygen atoms in total. The molecular weight excluding hydrogens is 979 g/mol. The molecule has 6 rings (SSSR count). The third kappa shape index (κ3) is 16.8. The number of aromatic amines is 1. The number of allylic oxidation sites excluding steroid dienone is 16. The zero-order chi connectivity index (χ0) is 59.5. The van der Waals surface area contributed by atoms with Crippen LogP contribution >= 0.6 is 0 Å². The molecule has 5 heteroatoms. The number of rotatable bonds is 18. The molecule has 0 amide bonds. The van der Waals surface area contributed by atoms with E-state index in [0.29, 0.717) is 41.5 Å². The number of H-pyrrole nitrogens is 1. The summed E-state index contributed by atoms with van der Waals surface area (Å²) < 4.78 is 0. The van der Waals surface area contributed by atoms with Crippen LogP contribution in [0.15, 0.2) is 184 Å². The first kappa shape index (κ1) is 67.8. The predicted molar refractivity (Wildman–Crippen MR) is 343 cm³/mol. The molecule has 1 aliphatic heterocycles. The second kappa shape index (κ2) is 35.3. The van der Waals surface area contributed by atoms with E-state index in [2.05, 4.69) is 176 Å². The summed E-state index contributed by atoms with van der Waals surface area (Å²) in [6.07, 6.45) is 23.4. The van der Waals surface area contributed by atoms with E-state index < -0.39 is 11.8 Å². The quantitative estimate of drug-likeness (QED) is 0.101. The van der Waals surface area contributed by atoms with Crippen LogP contribution in [0, 0.1) is 11.8 Å². The first-order valence-corrected chi connectivity index (χ1v) is 30.8. The van der Waals surface area contributed by atoms with Gasteiger partial charge in [-0.15, -0.1) is 0 Å². The van der Waals surface area contributed by atoms with Crippen molar-refractivity contribution in [2.75, 3.05) is 0 Å². The fourth-order valence-corrected chi connectivity index (χ4v) is 11.7. The van der Waals surface area contributed by atoms with Gasteiger partial charge in [0.2, 0.25) is 0 Å². The smallest absolute Gasteiger partial charge is 0.165 e. The van der Waals surface area contributed by atoms with Crippen molar-refractivity contribution in [2.24, 2.45) is 11.8 Å². The van der Waals surface area contributed by atoms with Gasteiger partial charge >= 0.3 is 0 Å². The van der Waals surface area contributed by atoms with Gasteiger partial charge in [0.25, 0.3) is 0 Å². The molecule has 4 aromatic rings. The van der Waals surface area contributed by atoms with Crippen LogP contribution in [-0.2, 0) is 9.59 Å². The Morgan fingerprint density at radius 1 is 0.550 bits per heavy atom. The molecule has 0 spiro atoms. The highest BCUT2D eigenvalue weighted by atomic mass is 16.1. The van der Waals surface area contributed by atoms with Gasteiger partial charge in [-0.1, -0.05) is 264 Å². The van der Waals surface area contributed by atoms with Crippen LogP contribution in [0.2, 0.25) is 0 Å². The Morgan fingerprint density at radius 3 is 1.54 bits per heavy atom. The van der Waals surface area contributed by atoms with Crippen molar-refractivity contribution in [3.05, 3.63) is 223 Å². The van der Waals surface area contributed by atoms with Crippen LogP contribution in [0.1, 0.15) is 255 Å². The Morgan fingerprint density at radius 2 is 1.06 bits per heavy atom. The Bertz CT molecular complexity index is 2890. The lowest BCUT2D eigenvalue weighted by Crippen LogP contribution is -2.21. The first-order chi connectivity index (χ1) is 38.7. The van der Waals surface area contributed by atoms with E-state index in [1.54, 1.807) is 13.8 Å². The maximum atomic E-state index is 15.3. The van der Waals surface area contributed by atoms with Crippen molar-refractivity contribution in [3.8, 4) is 0 Å². The second-order valence-electron chi connectivity index (χ2n) is 20.8. The zero-order valence-corrected chi connectivity index (χ0v) is 52.5. The zero-order valence-electron chi connectivity index (χ0n) is 52.5. The highest BCUT2D eigenvalue weighted by molar-refractivity contribution is 6.13. The third-order valence-electron chi connectivity index (χ3n) is 15.4. The van der Waals surface area contributed by atoms with E-state index in [-0.39, 0.29) is 47.3 Å². The number of carbonyl (C=O) groups excluding carboxylic acids is 4. The fraction of sp³-hybridized carbons (Fsp3) is 0.440. The number of aromatic nitrogens is 1. The topological polar surface area (TPSA) is 84.1 Å². The lowest BCUT2D eigenvalue weighted by molar-refractivity contribution is -0.117. The number of fused-ring (bicyclic) bond motifs is 2. The van der Waals surface area contributed by atoms with E-state index in [0.717, 1.165) is 112 Å². The van der Waals surface area contributed by atoms with E-state index in [1.807, 2.05) is 66.7 Å². The maximum Gasteiger partial charge on any atom is 0.165 e. The van der Waals surface area contributed by atoms with Crippen molar-refractivity contribution in [3.63, 3.8) is 0 Å². The Labute approximate surface area is 485 Å². The number of nitrogens with one attached hydrogen (secondary N) is 1. The molecule has 2 aliphatic rings. The Balaban J connectivity index is 0.00000271. The van der Waals surface area contributed by atoms with Gasteiger partial charge in [0.15, 0.2) is 23.1 Å². The molecule has 1 aliphatic carbocycles. The van der Waals surface area contributed by atoms with Gasteiger partial charge < -0.3 is 4.98 Å². The van der Waals surface area contributed by atoms with Crippen LogP contribution < -0.4 is 0 Å². The molecule has 1 N–H and O–H groups in total. The Kier molecular flexibility index (Phi) is 29.9. The van der Waals surface area contributed by atoms with E-state index in [4.69, 9.17) is 0 Å². The van der Waals surface area contributed by atoms with Gasteiger partial charge in [-0.05, 0) is 107 Å². The number of benzene rings is 3. The molecule has 5 atom stereocenters. The van der Waals surface area contributed by atoms with Crippen molar-refractivity contribution >= 4 is 23.1 Å². The van der Waals surface area contributed by atoms with Crippen LogP contribution in [0.4, 0.5) is 0 Å². The minimum Gasteiger partial charge on any atom is -0.359 e. The van der Waals surface area contributed by atoms with Gasteiger partial charge in [-0.25, -0.2) is 0 Å². The van der Waals surface area contributed by atoms with Crippen LogP contribution in [0.25, 0.3) is 0 Å². The lowest BCUT2D eigenvalue weighted by atomic mass is 9.73. The molecule has 0 radical (unpaired) electrons. The summed E-state index contributed by atoms with van der Waals surface area (Å²) in [5.41, 5.74) is 13.8. The average Bonchev–Trinajstić information content (AvgIpc) is 3.88. The van der Waals surface area contributed by atoms with E-state index >= 15 is 9.59 Å². The minimum absolute atomic E-state index is 0.0248. The van der Waals surface area contributed by atoms with Crippen molar-refractivity contribution in [1.82, 2.24) is 4.98 Å². The standard InChI is InChI=1S/C69H83NO4.3C2H6/c1-12-17-40-59(74)67-63(50(11)72)68-64(54-36-26-20-27-37-54)51(30-13-2)43-41-46(7)60(52-32-22-18-23-33-52)48(9)62(49(10)71)66(58(73)16-5)57(31-14-3)61(53-34-24-19-25-35-53)47(8)42-44-56(45(6)15-4)65(69(67)70-68)55-38-28-21-29-39-55;3*1-2/h19-22,24-29,32-39,41-45,60-61,64-65,70H,12-18,23,30-31,40H2,1-11H3;3*1-2H3/b46-41+,47-42+,51-43+,56-44+,62-48+,66-57+;;;. The van der Waals surface area contributed by atoms with Gasteiger partial charge in [-0.2, -0.15) is 0 Å². The molecule has 3 aromatic carbocycles. The summed E-state index contributed by atoms with van der Waals surface area (Å²) in [4.78, 5) is 63.9. The molecule has 0 saturated heterocycles. The first-order valence-electron chi connectivity index (χ1n) is 30.8. The number of Topliss-reactive ketones (excluding diaryl/α,β-unsaturated/α-hetero) is 4. The lowest BCUT2D eigenvalue weighted by Gasteiger charge is -2.29. The van der Waals surface area contributed by atoms with E-state index in [9.17, 15) is 9.59 Å². The number of unbranched alkanes of at least 4 members (excludes halogenated alkanes) is 1. The number of hydrogen-bond donors (Lipinski definition) is 1. The van der Waals surface area contributed by atoms with Gasteiger partial charge in [-0.3, -0.25) is 19.2 Å². The molecule has 2 bridgehead atoms. The number of carbonyl (C=O) groups is 4. The van der Waals surface area contributed by atoms with Crippen LogP contribution in [0.5, 0.6) is 0 Å². The van der Waals surface area contributed by atoms with Crippen molar-refractivity contribution < 1.29 is 19.2 Å². The van der Waals surface area contributed by atoms with E-state index in [1.165, 1.54) is 0 Å².